The van der Waals surface area contributed by atoms with Crippen LogP contribution in [-0.2, 0) is 9.22 Å². The van der Waals surface area contributed by atoms with Crippen LogP contribution in [-0.4, -0.2) is 36.7 Å². The van der Waals surface area contributed by atoms with Crippen molar-refractivity contribution in [2.45, 2.75) is 187 Å². The topological polar surface area (TPSA) is 66.8 Å². The van der Waals surface area contributed by atoms with Crippen LogP contribution in [0.2, 0.25) is 16.6 Å². The molecule has 36 heavy (non-hydrogen) atoms. The summed E-state index contributed by atoms with van der Waals surface area (Å²) in [5.41, 5.74) is 1.43. The van der Waals surface area contributed by atoms with Gasteiger partial charge in [0.25, 0.3) is 0 Å². The van der Waals surface area contributed by atoms with Crippen LogP contribution in [0.3, 0.4) is 0 Å². The van der Waals surface area contributed by atoms with Gasteiger partial charge in [-0.15, -0.1) is 0 Å². The number of unbranched alkanes of at least 4 members (excludes halogenated alkanes) is 11. The van der Waals surface area contributed by atoms with E-state index in [1.54, 1.807) is 0 Å². The Morgan fingerprint density at radius 2 is 1.06 bits per heavy atom. The second-order valence-electron chi connectivity index (χ2n) is 12.3. The van der Waals surface area contributed by atoms with Gasteiger partial charge in [-0.05, 0) is 35.9 Å². The van der Waals surface area contributed by atoms with E-state index in [2.05, 4.69) is 55.4 Å². The van der Waals surface area contributed by atoms with E-state index in [9.17, 15) is 15.0 Å². The first kappa shape index (κ1) is 35.6. The lowest BCUT2D eigenvalue weighted by atomic mass is 9.90. The Balaban J connectivity index is 5.26. The van der Waals surface area contributed by atoms with Crippen molar-refractivity contribution in [3.05, 3.63) is 0 Å². The van der Waals surface area contributed by atoms with Gasteiger partial charge in [0.1, 0.15) is 0 Å². The largest absolute Gasteiger partial charge is 0.481 e. The van der Waals surface area contributed by atoms with Crippen LogP contribution in [0.5, 0.6) is 0 Å². The van der Waals surface area contributed by atoms with Crippen LogP contribution in [0.1, 0.15) is 158 Å². The molecule has 3 atom stereocenters. The quantitative estimate of drug-likeness (QED) is 0.0966. The monoisotopic (exact) mass is 528 g/mol. The second-order valence-corrected chi connectivity index (χ2v) is 17.7. The Hall–Kier alpha value is -0.393. The maximum Gasteiger partial charge on any atom is 0.309 e. The summed E-state index contributed by atoms with van der Waals surface area (Å²) in [7, 11) is -2.11. The highest BCUT2D eigenvalue weighted by atomic mass is 28.4. The number of carboxylic acids is 1. The van der Waals surface area contributed by atoms with Crippen LogP contribution in [0.15, 0.2) is 0 Å². The lowest BCUT2D eigenvalue weighted by molar-refractivity contribution is -0.146. The molecule has 0 aliphatic rings. The molecular weight excluding hydrogens is 464 g/mol. The summed E-state index contributed by atoms with van der Waals surface area (Å²) in [4.78, 5) is 12.0. The zero-order valence-electron chi connectivity index (χ0n) is 25.5. The number of aliphatic hydroxyl groups is 1. The molecule has 0 heterocycles. The Morgan fingerprint density at radius 3 is 1.47 bits per heavy atom. The molecule has 0 aliphatic heterocycles. The van der Waals surface area contributed by atoms with E-state index in [0.717, 1.165) is 38.5 Å². The highest BCUT2D eigenvalue weighted by Gasteiger charge is 2.47. The SMILES string of the molecule is CCCCCCCCCCC[C@H](C[C@H](O)[C@H](CCCCCC)C(=O)O)O[Si](C(C)C)(C(C)C)C(C)C. The van der Waals surface area contributed by atoms with Crippen LogP contribution in [0, 0.1) is 5.92 Å². The third kappa shape index (κ3) is 13.4. The van der Waals surface area contributed by atoms with Crippen LogP contribution >= 0.6 is 0 Å². The van der Waals surface area contributed by atoms with Crippen molar-refractivity contribution in [2.75, 3.05) is 0 Å². The number of carboxylic acid groups (broad SMARTS) is 1. The third-order valence-corrected chi connectivity index (χ3v) is 14.5. The van der Waals surface area contributed by atoms with E-state index in [4.69, 9.17) is 4.43 Å². The summed E-state index contributed by atoms with van der Waals surface area (Å²) >= 11 is 0. The van der Waals surface area contributed by atoms with Gasteiger partial charge in [-0.25, -0.2) is 0 Å². The Morgan fingerprint density at radius 1 is 0.667 bits per heavy atom. The first-order chi connectivity index (χ1) is 17.0. The minimum absolute atomic E-state index is 0.0547. The van der Waals surface area contributed by atoms with Gasteiger partial charge in [0.05, 0.1) is 12.0 Å². The molecule has 0 aromatic rings. The van der Waals surface area contributed by atoms with Crippen LogP contribution in [0.25, 0.3) is 0 Å². The third-order valence-electron chi connectivity index (χ3n) is 8.36. The number of hydrogen-bond donors (Lipinski definition) is 2. The highest BCUT2D eigenvalue weighted by Crippen LogP contribution is 2.44. The Labute approximate surface area is 226 Å². The van der Waals surface area contributed by atoms with Gasteiger partial charge < -0.3 is 14.6 Å². The fraction of sp³-hybridized carbons (Fsp3) is 0.968. The molecular formula is C31H64O4Si. The van der Waals surface area contributed by atoms with E-state index < -0.39 is 26.3 Å². The van der Waals surface area contributed by atoms with E-state index in [0.29, 0.717) is 29.5 Å². The summed E-state index contributed by atoms with van der Waals surface area (Å²) in [6.45, 7) is 18.2. The van der Waals surface area contributed by atoms with Gasteiger partial charge in [-0.1, -0.05) is 139 Å². The molecule has 0 rings (SSSR count). The maximum atomic E-state index is 12.0. The summed E-state index contributed by atoms with van der Waals surface area (Å²) in [6.07, 6.45) is 16.7. The van der Waals surface area contributed by atoms with Gasteiger partial charge in [0.2, 0.25) is 8.32 Å². The van der Waals surface area contributed by atoms with Crippen LogP contribution < -0.4 is 0 Å². The molecule has 0 bridgehead atoms. The van der Waals surface area contributed by atoms with Crippen molar-refractivity contribution < 1.29 is 19.4 Å². The minimum Gasteiger partial charge on any atom is -0.481 e. The van der Waals surface area contributed by atoms with Crippen molar-refractivity contribution in [1.29, 1.82) is 0 Å². The molecule has 0 radical (unpaired) electrons. The average molecular weight is 529 g/mol. The first-order valence-electron chi connectivity index (χ1n) is 15.6. The Kier molecular flexibility index (Phi) is 20.3. The predicted molar refractivity (Wildman–Crippen MR) is 158 cm³/mol. The smallest absolute Gasteiger partial charge is 0.309 e. The number of carbonyl (C=O) groups is 1. The van der Waals surface area contributed by atoms with Crippen molar-refractivity contribution >= 4 is 14.3 Å². The zero-order chi connectivity index (χ0) is 27.6. The second kappa shape index (κ2) is 20.6. The molecule has 0 unspecified atom stereocenters. The fourth-order valence-corrected chi connectivity index (χ4v) is 11.9. The summed E-state index contributed by atoms with van der Waals surface area (Å²) < 4.78 is 7.12. The normalized spacial score (nSPS) is 15.1. The first-order valence-corrected chi connectivity index (χ1v) is 17.8. The van der Waals surface area contributed by atoms with Gasteiger partial charge in [0.15, 0.2) is 0 Å². The van der Waals surface area contributed by atoms with Crippen molar-refractivity contribution in [2.24, 2.45) is 5.92 Å². The number of aliphatic carboxylic acids is 1. The van der Waals surface area contributed by atoms with E-state index >= 15 is 0 Å². The van der Waals surface area contributed by atoms with Gasteiger partial charge >= 0.3 is 5.97 Å². The molecule has 0 aromatic carbocycles. The lowest BCUT2D eigenvalue weighted by Crippen LogP contribution is -2.51. The standard InChI is InChI=1S/C31H64O4Si/c1-9-11-13-15-16-17-18-19-20-22-28(35-36(25(3)4,26(5)6)27(7)8)24-30(32)29(31(33)34)23-21-14-12-10-2/h25-30,32H,9-24H2,1-8H3,(H,33,34)/t28-,29+,30+/m1/s1. The molecule has 0 aromatic heterocycles. The maximum absolute atomic E-state index is 12.0. The van der Waals surface area contributed by atoms with E-state index in [1.807, 2.05) is 0 Å². The molecule has 0 amide bonds. The van der Waals surface area contributed by atoms with Crippen molar-refractivity contribution in [3.63, 3.8) is 0 Å². The molecule has 5 heteroatoms. The fourth-order valence-electron chi connectivity index (χ4n) is 6.31. The molecule has 0 fully saturated rings. The minimum atomic E-state index is -2.11. The van der Waals surface area contributed by atoms with Gasteiger partial charge in [-0.3, -0.25) is 4.79 Å². The number of rotatable bonds is 24. The molecule has 0 spiro atoms. The molecule has 0 aliphatic carbocycles. The lowest BCUT2D eigenvalue weighted by Gasteiger charge is -2.45. The summed E-state index contributed by atoms with van der Waals surface area (Å²) in [5, 5.41) is 21.0. The van der Waals surface area contributed by atoms with E-state index in [1.165, 1.54) is 51.4 Å². The number of aliphatic hydroxyl groups excluding tert-OH is 1. The van der Waals surface area contributed by atoms with E-state index in [-0.39, 0.29) is 6.10 Å². The predicted octanol–water partition coefficient (Wildman–Crippen LogP) is 9.89. The molecule has 4 nitrogen and oxygen atoms in total. The molecule has 0 saturated heterocycles. The zero-order valence-corrected chi connectivity index (χ0v) is 26.5. The number of hydrogen-bond acceptors (Lipinski definition) is 3. The van der Waals surface area contributed by atoms with Gasteiger partial charge in [0, 0.05) is 6.10 Å². The molecule has 0 saturated carbocycles. The summed E-state index contributed by atoms with van der Waals surface area (Å²) in [6, 6.07) is 0. The molecule has 2 N–H and O–H groups in total. The van der Waals surface area contributed by atoms with Crippen molar-refractivity contribution in [1.82, 2.24) is 0 Å². The highest BCUT2D eigenvalue weighted by molar-refractivity contribution is 6.77. The van der Waals surface area contributed by atoms with Crippen molar-refractivity contribution in [3.8, 4) is 0 Å². The van der Waals surface area contributed by atoms with Crippen LogP contribution in [0.4, 0.5) is 0 Å². The summed E-state index contributed by atoms with van der Waals surface area (Å²) in [5.74, 6) is -1.55. The Bertz CT molecular complexity index is 513. The average Bonchev–Trinajstić information content (AvgIpc) is 2.79. The van der Waals surface area contributed by atoms with Gasteiger partial charge in [-0.2, -0.15) is 0 Å². The molecule has 216 valence electrons.